The largest absolute Gasteiger partial charge is 0.358 e. The van der Waals surface area contributed by atoms with Crippen molar-refractivity contribution in [3.8, 4) is 0 Å². The summed E-state index contributed by atoms with van der Waals surface area (Å²) in [5, 5.41) is 7.86. The van der Waals surface area contributed by atoms with E-state index in [9.17, 15) is 77.9 Å². The highest BCUT2D eigenvalue weighted by Crippen LogP contribution is 2.28. The summed E-state index contributed by atoms with van der Waals surface area (Å²) in [6, 6.07) is 9.48. The lowest BCUT2D eigenvalue weighted by molar-refractivity contribution is -0.133. The van der Waals surface area contributed by atoms with Crippen LogP contribution >= 0.6 is 0 Å². The van der Waals surface area contributed by atoms with Crippen molar-refractivity contribution in [3.05, 3.63) is 141 Å². The lowest BCUT2D eigenvalue weighted by atomic mass is 9.86. The minimum atomic E-state index is -1.24. The van der Waals surface area contributed by atoms with Crippen LogP contribution in [-0.2, 0) is 48.0 Å². The third-order valence-electron chi connectivity index (χ3n) is 17.2. The van der Waals surface area contributed by atoms with Crippen molar-refractivity contribution < 1.29 is 77.9 Å². The summed E-state index contributed by atoms with van der Waals surface area (Å²) < 4.78 is 121. The van der Waals surface area contributed by atoms with Gasteiger partial charge in [-0.25, -0.2) is 39.5 Å². The molecule has 18 nitrogen and oxygen atoms in total. The Morgan fingerprint density at radius 2 is 0.815 bits per heavy atom. The number of nitrogens with one attached hydrogen (secondary N) is 3. The maximum Gasteiger partial charge on any atom is 0.261 e. The van der Waals surface area contributed by atoms with E-state index in [4.69, 9.17) is 17.2 Å². The van der Waals surface area contributed by atoms with Crippen LogP contribution in [0.3, 0.4) is 0 Å². The molecule has 0 radical (unpaired) electrons. The molecule has 4 aromatic carbocycles. The molecular weight excluding hydrogens is 1220 g/mol. The van der Waals surface area contributed by atoms with Gasteiger partial charge in [0.15, 0.2) is 34.9 Å². The Morgan fingerprint density at radius 3 is 1.15 bits per heavy atom. The van der Waals surface area contributed by atoms with E-state index < -0.39 is 70.5 Å². The molecule has 0 aliphatic carbocycles. The Labute approximate surface area is 528 Å². The molecular formula is C65H81F9N10O8. The lowest BCUT2D eigenvalue weighted by Crippen LogP contribution is -2.45. The Kier molecular flexibility index (Phi) is 28.0. The third-order valence-corrected chi connectivity index (χ3v) is 17.2. The highest BCUT2D eigenvalue weighted by atomic mass is 19.2. The number of fused-ring (bicyclic) bond motifs is 1. The van der Waals surface area contributed by atoms with Gasteiger partial charge in [0.05, 0.1) is 11.1 Å². The molecule has 0 unspecified atom stereocenters. The molecule has 3 saturated heterocycles. The van der Waals surface area contributed by atoms with Crippen LogP contribution in [0.1, 0.15) is 122 Å². The van der Waals surface area contributed by atoms with Crippen LogP contribution < -0.4 is 33.2 Å². The van der Waals surface area contributed by atoms with Gasteiger partial charge in [0, 0.05) is 133 Å². The lowest BCUT2D eigenvalue weighted by Gasteiger charge is -2.35. The molecule has 4 aliphatic rings. The summed E-state index contributed by atoms with van der Waals surface area (Å²) in [7, 11) is 0. The van der Waals surface area contributed by atoms with Crippen molar-refractivity contribution in [2.75, 3.05) is 65.4 Å². The van der Waals surface area contributed by atoms with E-state index in [1.165, 1.54) is 0 Å². The number of nitrogens with zero attached hydrogens (tertiary/aromatic N) is 4. The van der Waals surface area contributed by atoms with E-state index in [0.29, 0.717) is 133 Å². The summed E-state index contributed by atoms with van der Waals surface area (Å²) in [5.41, 5.74) is 19.4. The standard InChI is InChI=1S/C28H31F3N4O4.C20H28F3N3O2.C17H22F3N3O2/c29-21-16-23(31)22(30)14-18(21)15-24(32)17-8-12-34(13-9-17)26(37)7-10-33-25(36)6-3-11-35-27(38)19-4-1-2-5-20(19)28(35)39;1-12(2)20(28)25-6-3-19(27)26-7-4-13(5-8-26)18(24)10-14-9-16(22)17(23)11-15(14)21;18-13-9-15(20)14(19)7-12(13)8-16(21)11-2-5-23(6-3-11)17(25)1-4-22-10-24/h1-2,4-5,14,16-17,24H,3,6-13,15,32H2,(H,33,36);9,11-13,18H,3-8,10,24H2,1-2H3,(H,25,28);7,9-11,16H,1-6,8,21H2,(H,22,24)/t24-;18-;16-/m111/s1. The molecule has 0 aromatic heterocycles. The zero-order valence-electron chi connectivity index (χ0n) is 51.6. The normalized spacial score (nSPS) is 16.4. The van der Waals surface area contributed by atoms with Gasteiger partial charge in [-0.3, -0.25) is 43.3 Å². The molecule has 4 aromatic rings. The van der Waals surface area contributed by atoms with E-state index in [0.717, 1.165) is 23.1 Å². The number of hydrogen-bond acceptors (Lipinski definition) is 11. The smallest absolute Gasteiger partial charge is 0.261 e. The molecule has 502 valence electrons. The predicted octanol–water partition coefficient (Wildman–Crippen LogP) is 6.52. The topological polar surface area (TPSA) is 264 Å². The van der Waals surface area contributed by atoms with Crippen LogP contribution in [0.2, 0.25) is 0 Å². The van der Waals surface area contributed by atoms with Gasteiger partial charge in [-0.1, -0.05) is 26.0 Å². The van der Waals surface area contributed by atoms with Crippen molar-refractivity contribution in [1.82, 2.24) is 35.6 Å². The number of hydrogen-bond donors (Lipinski definition) is 6. The molecule has 8 amide bonds. The Bertz CT molecular complexity index is 3200. The summed E-state index contributed by atoms with van der Waals surface area (Å²) in [4.78, 5) is 102. The molecule has 27 heteroatoms. The van der Waals surface area contributed by atoms with Crippen LogP contribution in [-0.4, -0.2) is 151 Å². The van der Waals surface area contributed by atoms with E-state index in [1.54, 1.807) is 52.8 Å². The minimum absolute atomic E-state index is 0.00318. The fourth-order valence-electron chi connectivity index (χ4n) is 11.6. The van der Waals surface area contributed by atoms with E-state index >= 15 is 0 Å². The fourth-order valence-corrected chi connectivity index (χ4v) is 11.6. The number of imide groups is 1. The fraction of sp³-hybridized carbons (Fsp3) is 0.508. The Morgan fingerprint density at radius 1 is 0.489 bits per heavy atom. The summed E-state index contributed by atoms with van der Waals surface area (Å²) in [6.07, 6.45) is 5.75. The zero-order chi connectivity index (χ0) is 67.3. The first kappa shape index (κ1) is 73.1. The number of amides is 8. The number of nitrogens with two attached hydrogens (primary N) is 3. The van der Waals surface area contributed by atoms with Gasteiger partial charge in [-0.2, -0.15) is 0 Å². The number of carbonyl (C=O) groups is 8. The molecule has 4 heterocycles. The van der Waals surface area contributed by atoms with Crippen LogP contribution in [0.15, 0.2) is 60.7 Å². The summed E-state index contributed by atoms with van der Waals surface area (Å²) in [6.45, 7) is 7.58. The molecule has 0 bridgehead atoms. The average Bonchev–Trinajstić information content (AvgIpc) is 1.64. The molecule has 9 N–H and O–H groups in total. The SMILES string of the molecule is CC(C)C(=O)NCCC(=O)N1CCC([C@H](N)Cc2cc(F)c(F)cc2F)CC1.N[C@H](Cc1cc(F)c(F)cc1F)C1CCN(C(=O)CCNC(=O)CCCN2C(=O)c3ccccc3C2=O)CC1.N[C@H](Cc1cc(F)c(F)cc1F)C1CCN(C(=O)CCNC=O)CC1. The van der Waals surface area contributed by atoms with Crippen LogP contribution in [0.25, 0.3) is 0 Å². The number of carbonyl (C=O) groups excluding carboxylic acids is 8. The van der Waals surface area contributed by atoms with Crippen molar-refractivity contribution in [2.24, 2.45) is 40.9 Å². The molecule has 3 fully saturated rings. The van der Waals surface area contributed by atoms with Gasteiger partial charge >= 0.3 is 0 Å². The Hall–Kier alpha value is -7.91. The van der Waals surface area contributed by atoms with Gasteiger partial charge in [0.25, 0.3) is 11.8 Å². The zero-order valence-corrected chi connectivity index (χ0v) is 51.6. The van der Waals surface area contributed by atoms with Gasteiger partial charge in [0.1, 0.15) is 17.5 Å². The van der Waals surface area contributed by atoms with Crippen LogP contribution in [0.5, 0.6) is 0 Å². The molecule has 0 saturated carbocycles. The first-order valence-corrected chi connectivity index (χ1v) is 30.9. The highest BCUT2D eigenvalue weighted by Gasteiger charge is 2.35. The second-order valence-corrected chi connectivity index (χ2v) is 23.9. The number of likely N-dealkylation sites (tertiary alicyclic amines) is 3. The predicted molar refractivity (Wildman–Crippen MR) is 322 cm³/mol. The van der Waals surface area contributed by atoms with Gasteiger partial charge in [-0.15, -0.1) is 0 Å². The second-order valence-electron chi connectivity index (χ2n) is 23.9. The maximum atomic E-state index is 13.9. The number of benzene rings is 4. The van der Waals surface area contributed by atoms with Crippen LogP contribution in [0, 0.1) is 76.0 Å². The molecule has 4 aliphatic heterocycles. The van der Waals surface area contributed by atoms with Crippen LogP contribution in [0.4, 0.5) is 39.5 Å². The number of rotatable bonds is 24. The monoisotopic (exact) mass is 1300 g/mol. The quantitative estimate of drug-likeness (QED) is 0.0145. The first-order chi connectivity index (χ1) is 43.8. The van der Waals surface area contributed by atoms with E-state index in [-0.39, 0.29) is 140 Å². The molecule has 92 heavy (non-hydrogen) atoms. The molecule has 0 spiro atoms. The van der Waals surface area contributed by atoms with Gasteiger partial charge in [0.2, 0.25) is 35.9 Å². The summed E-state index contributed by atoms with van der Waals surface area (Å²) >= 11 is 0. The number of halogens is 9. The van der Waals surface area contributed by atoms with Crippen molar-refractivity contribution >= 4 is 47.8 Å². The molecule has 3 atom stereocenters. The third kappa shape index (κ3) is 21.1. The summed E-state index contributed by atoms with van der Waals surface area (Å²) in [5.74, 6) is -10.6. The maximum absolute atomic E-state index is 13.9. The van der Waals surface area contributed by atoms with E-state index in [2.05, 4.69) is 16.0 Å². The van der Waals surface area contributed by atoms with Gasteiger partial charge in [-0.05, 0) is 129 Å². The Balaban J connectivity index is 0.000000226. The number of piperidine rings is 3. The molecule has 8 rings (SSSR count). The second kappa shape index (κ2) is 35.2. The van der Waals surface area contributed by atoms with Crippen molar-refractivity contribution in [3.63, 3.8) is 0 Å². The van der Waals surface area contributed by atoms with E-state index in [1.807, 2.05) is 0 Å². The van der Waals surface area contributed by atoms with Gasteiger partial charge < -0.3 is 47.9 Å². The minimum Gasteiger partial charge on any atom is -0.358 e. The van der Waals surface area contributed by atoms with Crippen molar-refractivity contribution in [1.29, 1.82) is 0 Å². The average molecular weight is 1300 g/mol. The highest BCUT2D eigenvalue weighted by molar-refractivity contribution is 6.21. The van der Waals surface area contributed by atoms with Crippen molar-refractivity contribution in [2.45, 2.75) is 122 Å². The first-order valence-electron chi connectivity index (χ1n) is 30.9.